The molecule has 0 saturated heterocycles. The molecule has 9 heteroatoms. The van der Waals surface area contributed by atoms with E-state index in [-0.39, 0.29) is 56.3 Å². The van der Waals surface area contributed by atoms with Gasteiger partial charge in [-0.15, -0.1) is 0 Å². The Morgan fingerprint density at radius 2 is 1.80 bits per heavy atom. The van der Waals surface area contributed by atoms with Gasteiger partial charge in [-0.1, -0.05) is 36.8 Å². The second-order valence-electron chi connectivity index (χ2n) is 6.54. The maximum absolute atomic E-state index is 13.3. The molecule has 0 aliphatic rings. The molecule has 0 saturated carbocycles. The van der Waals surface area contributed by atoms with Crippen LogP contribution in [0.25, 0.3) is 0 Å². The van der Waals surface area contributed by atoms with Crippen LogP contribution in [0.5, 0.6) is 5.75 Å². The van der Waals surface area contributed by atoms with E-state index in [1.165, 1.54) is 6.92 Å². The number of sulfone groups is 1. The molecule has 0 aliphatic carbocycles. The summed E-state index contributed by atoms with van der Waals surface area (Å²) in [5, 5.41) is 25.2. The van der Waals surface area contributed by atoms with Gasteiger partial charge in [0.2, 0.25) is 6.16 Å². The van der Waals surface area contributed by atoms with E-state index < -0.39 is 26.7 Å². The van der Waals surface area contributed by atoms with Crippen molar-refractivity contribution < 1.29 is 79.5 Å². The van der Waals surface area contributed by atoms with Crippen molar-refractivity contribution in [1.29, 1.82) is 5.26 Å². The molecule has 2 unspecified atom stereocenters. The standard InChI is InChI=1S/C20H23NO3S.CH2O3.K/c1-5-19(16-7-6-8-17(13-16)24-4)20(3,14-21)25(22,23)18-11-9-15(2)10-12-18;2-1(3)4;/h6-13,19H,5H2,1-4H3;(H2,2,3,4);/q;;+1/p-1. The fourth-order valence-electron chi connectivity index (χ4n) is 3.09. The molecule has 1 N–H and O–H groups in total. The Bertz CT molecular complexity index is 981. The summed E-state index contributed by atoms with van der Waals surface area (Å²) in [7, 11) is -2.29. The summed E-state index contributed by atoms with van der Waals surface area (Å²) >= 11 is 0. The van der Waals surface area contributed by atoms with Crippen molar-refractivity contribution in [3.05, 3.63) is 59.7 Å². The van der Waals surface area contributed by atoms with Crippen LogP contribution in [0.3, 0.4) is 0 Å². The van der Waals surface area contributed by atoms with Crippen molar-refractivity contribution in [2.45, 2.75) is 42.8 Å². The molecule has 0 heterocycles. The molecular formula is C21H24KNO6S. The molecule has 0 aromatic heterocycles. The first-order valence-electron chi connectivity index (χ1n) is 8.79. The topological polar surface area (TPSA) is 128 Å². The summed E-state index contributed by atoms with van der Waals surface area (Å²) in [5.74, 6) is 0.169. The third-order valence-corrected chi connectivity index (χ3v) is 7.07. The number of benzene rings is 2. The Balaban J connectivity index is 0.00000154. The Morgan fingerprint density at radius 3 is 2.23 bits per heavy atom. The fraction of sp³-hybridized carbons (Fsp3) is 0.333. The van der Waals surface area contributed by atoms with Gasteiger partial charge in [0.05, 0.1) is 18.1 Å². The molecule has 2 aromatic rings. The molecule has 2 atom stereocenters. The number of methoxy groups -OCH3 is 1. The second kappa shape index (κ2) is 12.4. The molecule has 156 valence electrons. The minimum Gasteiger partial charge on any atom is -0.565 e. The van der Waals surface area contributed by atoms with Crippen LogP contribution >= 0.6 is 0 Å². The van der Waals surface area contributed by atoms with Gasteiger partial charge in [-0.3, -0.25) is 0 Å². The van der Waals surface area contributed by atoms with Crippen molar-refractivity contribution in [3.8, 4) is 11.8 Å². The molecule has 30 heavy (non-hydrogen) atoms. The summed E-state index contributed by atoms with van der Waals surface area (Å²) < 4.78 is 30.2. The van der Waals surface area contributed by atoms with E-state index in [2.05, 4.69) is 6.07 Å². The largest absolute Gasteiger partial charge is 1.00 e. The van der Waals surface area contributed by atoms with Crippen LogP contribution in [0.4, 0.5) is 4.79 Å². The van der Waals surface area contributed by atoms with Gasteiger partial charge in [-0.05, 0) is 50.1 Å². The van der Waals surface area contributed by atoms with E-state index in [0.717, 1.165) is 11.1 Å². The number of aryl methyl sites for hydroxylation is 1. The van der Waals surface area contributed by atoms with Gasteiger partial charge in [0.1, 0.15) is 5.75 Å². The number of hydrogen-bond acceptors (Lipinski definition) is 6. The Hall–Kier alpha value is -1.41. The molecule has 2 aromatic carbocycles. The molecule has 0 fully saturated rings. The number of rotatable bonds is 6. The average Bonchev–Trinajstić information content (AvgIpc) is 2.68. The molecule has 0 amide bonds. The van der Waals surface area contributed by atoms with Crippen LogP contribution in [-0.2, 0) is 9.84 Å². The van der Waals surface area contributed by atoms with Gasteiger partial charge in [-0.2, -0.15) is 5.26 Å². The number of carbonyl (C=O) groups is 1. The molecule has 7 nitrogen and oxygen atoms in total. The Labute approximate surface area is 220 Å². The third kappa shape index (κ3) is 6.80. The van der Waals surface area contributed by atoms with Gasteiger partial charge < -0.3 is 19.7 Å². The van der Waals surface area contributed by atoms with Crippen LogP contribution in [0.15, 0.2) is 53.4 Å². The van der Waals surface area contributed by atoms with Crippen LogP contribution in [0.1, 0.15) is 37.3 Å². The maximum atomic E-state index is 13.3. The van der Waals surface area contributed by atoms with Crippen molar-refractivity contribution in [3.63, 3.8) is 0 Å². The number of nitrogens with zero attached hydrogens (tertiary/aromatic N) is 1. The van der Waals surface area contributed by atoms with E-state index in [1.54, 1.807) is 43.5 Å². The molecule has 0 aliphatic heterocycles. The molecule has 2 rings (SSSR count). The van der Waals surface area contributed by atoms with Gasteiger partial charge in [0, 0.05) is 5.92 Å². The summed E-state index contributed by atoms with van der Waals surface area (Å²) in [6, 6.07) is 16.0. The minimum absolute atomic E-state index is 0. The third-order valence-electron chi connectivity index (χ3n) is 4.68. The van der Waals surface area contributed by atoms with Crippen molar-refractivity contribution in [1.82, 2.24) is 0 Å². The van der Waals surface area contributed by atoms with Crippen molar-refractivity contribution in [2.75, 3.05) is 7.11 Å². The first-order valence-corrected chi connectivity index (χ1v) is 10.3. The second-order valence-corrected chi connectivity index (χ2v) is 8.87. The van der Waals surface area contributed by atoms with E-state index >= 15 is 0 Å². The van der Waals surface area contributed by atoms with Gasteiger partial charge in [-0.25, -0.2) is 8.42 Å². The zero-order chi connectivity index (χ0) is 22.2. The van der Waals surface area contributed by atoms with Crippen molar-refractivity contribution >= 4 is 16.0 Å². The van der Waals surface area contributed by atoms with Gasteiger partial charge >= 0.3 is 51.4 Å². The number of nitriles is 1. The predicted octanol–water partition coefficient (Wildman–Crippen LogP) is 0.145. The quantitative estimate of drug-likeness (QED) is 0.611. The number of carboxylic acid groups (broad SMARTS) is 2. The van der Waals surface area contributed by atoms with Crippen LogP contribution in [0, 0.1) is 18.3 Å². The zero-order valence-electron chi connectivity index (χ0n) is 17.7. The smallest absolute Gasteiger partial charge is 0.565 e. The summed E-state index contributed by atoms with van der Waals surface area (Å²) in [6.45, 7) is 5.30. The van der Waals surface area contributed by atoms with E-state index in [4.69, 9.17) is 19.7 Å². The normalized spacial score (nSPS) is 13.3. The zero-order valence-corrected chi connectivity index (χ0v) is 21.7. The first-order chi connectivity index (χ1) is 13.5. The summed E-state index contributed by atoms with van der Waals surface area (Å²) in [5.41, 5.74) is 1.75. The van der Waals surface area contributed by atoms with Crippen LogP contribution in [0.2, 0.25) is 0 Å². The monoisotopic (exact) mass is 457 g/mol. The first kappa shape index (κ1) is 28.6. The molecular weight excluding hydrogens is 433 g/mol. The minimum atomic E-state index is -3.85. The van der Waals surface area contributed by atoms with Gasteiger partial charge in [0.25, 0.3) is 0 Å². The van der Waals surface area contributed by atoms with E-state index in [1.807, 2.05) is 26.0 Å². The summed E-state index contributed by atoms with van der Waals surface area (Å²) in [6.07, 6.45) is -1.57. The average molecular weight is 458 g/mol. The molecule has 0 radical (unpaired) electrons. The number of hydrogen-bond donors (Lipinski definition) is 1. The van der Waals surface area contributed by atoms with Crippen LogP contribution < -0.4 is 61.2 Å². The van der Waals surface area contributed by atoms with Gasteiger partial charge in [0.15, 0.2) is 14.6 Å². The Morgan fingerprint density at radius 1 is 1.27 bits per heavy atom. The number of ether oxygens (including phenoxy) is 1. The van der Waals surface area contributed by atoms with Crippen molar-refractivity contribution in [2.24, 2.45) is 0 Å². The fourth-order valence-corrected chi connectivity index (χ4v) is 4.87. The van der Waals surface area contributed by atoms with E-state index in [0.29, 0.717) is 12.2 Å². The Kier molecular flexibility index (Phi) is 11.9. The summed E-state index contributed by atoms with van der Waals surface area (Å²) in [4.78, 5) is 8.61. The SMILES string of the molecule is CCC(c1cccc(OC)c1)C(C)(C#N)S(=O)(=O)c1ccc(C)cc1.O=C([O-])O.[K+]. The maximum Gasteiger partial charge on any atom is 1.00 e. The van der Waals surface area contributed by atoms with Crippen LogP contribution in [-0.4, -0.2) is 31.5 Å². The predicted molar refractivity (Wildman–Crippen MR) is 106 cm³/mol. The van der Waals surface area contributed by atoms with E-state index in [9.17, 15) is 13.7 Å². The molecule has 0 bridgehead atoms. The molecule has 0 spiro atoms.